The third-order valence-corrected chi connectivity index (χ3v) is 5.75. The molecule has 21 heavy (non-hydrogen) atoms. The van der Waals surface area contributed by atoms with Gasteiger partial charge in [-0.2, -0.15) is 11.8 Å². The first-order valence-electron chi connectivity index (χ1n) is 7.21. The summed E-state index contributed by atoms with van der Waals surface area (Å²) in [5.41, 5.74) is 1.00. The molecule has 0 unspecified atom stereocenters. The Morgan fingerprint density at radius 2 is 2.10 bits per heavy atom. The van der Waals surface area contributed by atoms with Crippen LogP contribution in [-0.2, 0) is 16.6 Å². The van der Waals surface area contributed by atoms with E-state index in [0.29, 0.717) is 18.0 Å². The lowest BCUT2D eigenvalue weighted by Gasteiger charge is -2.15. The molecule has 0 fully saturated rings. The predicted molar refractivity (Wildman–Crippen MR) is 90.4 cm³/mol. The lowest BCUT2D eigenvalue weighted by Crippen LogP contribution is -2.28. The van der Waals surface area contributed by atoms with E-state index in [-0.39, 0.29) is 6.04 Å². The summed E-state index contributed by atoms with van der Waals surface area (Å²) in [4.78, 5) is 0.382. The summed E-state index contributed by atoms with van der Waals surface area (Å²) in [5.74, 6) is 0.796. The van der Waals surface area contributed by atoms with Crippen molar-refractivity contribution >= 4 is 21.8 Å². The van der Waals surface area contributed by atoms with Gasteiger partial charge in [0.2, 0.25) is 10.0 Å². The van der Waals surface area contributed by atoms with Crippen molar-refractivity contribution in [2.24, 2.45) is 0 Å². The monoisotopic (exact) mass is 333 g/mol. The molecule has 0 spiro atoms. The summed E-state index contributed by atoms with van der Waals surface area (Å²) in [6.07, 6.45) is 3.73. The van der Waals surface area contributed by atoms with Gasteiger partial charge in [-0.25, -0.2) is 12.7 Å². The van der Waals surface area contributed by atoms with Crippen LogP contribution >= 0.6 is 11.8 Å². The second kappa shape index (κ2) is 8.22. The fourth-order valence-electron chi connectivity index (χ4n) is 2.03. The number of thioether (sulfide) groups is 1. The molecule has 1 heterocycles. The van der Waals surface area contributed by atoms with Crippen LogP contribution in [-0.4, -0.2) is 49.4 Å². The number of hydrogen-bond acceptors (Lipinski definition) is 4. The van der Waals surface area contributed by atoms with E-state index < -0.39 is 10.0 Å². The molecule has 0 saturated carbocycles. The molecule has 7 heteroatoms. The number of nitrogens with one attached hydrogen (secondary N) is 1. The van der Waals surface area contributed by atoms with Gasteiger partial charge in [-0.05, 0) is 32.7 Å². The zero-order chi connectivity index (χ0) is 16.0. The summed E-state index contributed by atoms with van der Waals surface area (Å²) >= 11 is 1.64. The van der Waals surface area contributed by atoms with Crippen molar-refractivity contribution in [3.05, 3.63) is 18.0 Å². The van der Waals surface area contributed by atoms with Crippen LogP contribution in [0, 0.1) is 0 Å². The topological polar surface area (TPSA) is 54.3 Å². The van der Waals surface area contributed by atoms with Crippen LogP contribution in [0.15, 0.2) is 17.2 Å². The van der Waals surface area contributed by atoms with Gasteiger partial charge in [0.15, 0.2) is 0 Å². The molecule has 0 aliphatic heterocycles. The second-order valence-electron chi connectivity index (χ2n) is 5.27. The van der Waals surface area contributed by atoms with E-state index in [9.17, 15) is 8.42 Å². The molecule has 0 saturated heterocycles. The Labute approximate surface area is 133 Å². The van der Waals surface area contributed by atoms with Crippen LogP contribution in [0.4, 0.5) is 0 Å². The molecule has 0 aromatic carbocycles. The minimum Gasteiger partial charge on any atom is -0.346 e. The Morgan fingerprint density at radius 1 is 1.43 bits per heavy atom. The largest absolute Gasteiger partial charge is 0.346 e. The van der Waals surface area contributed by atoms with E-state index in [2.05, 4.69) is 19.2 Å². The van der Waals surface area contributed by atoms with Gasteiger partial charge in [0.1, 0.15) is 4.90 Å². The first-order chi connectivity index (χ1) is 9.84. The van der Waals surface area contributed by atoms with Crippen molar-refractivity contribution in [3.63, 3.8) is 0 Å². The summed E-state index contributed by atoms with van der Waals surface area (Å²) in [6.45, 7) is 8.22. The van der Waals surface area contributed by atoms with Crippen LogP contribution in [0.2, 0.25) is 0 Å². The van der Waals surface area contributed by atoms with Gasteiger partial charge >= 0.3 is 0 Å². The Hall–Kier alpha value is -0.500. The third-order valence-electron chi connectivity index (χ3n) is 3.34. The van der Waals surface area contributed by atoms with Gasteiger partial charge in [-0.3, -0.25) is 0 Å². The molecule has 5 nitrogen and oxygen atoms in total. The number of nitrogens with zero attached hydrogens (tertiary/aromatic N) is 2. The molecule has 0 aliphatic rings. The zero-order valence-electron chi connectivity index (χ0n) is 13.6. The van der Waals surface area contributed by atoms with E-state index in [1.807, 2.05) is 17.7 Å². The van der Waals surface area contributed by atoms with E-state index in [0.717, 1.165) is 18.0 Å². The summed E-state index contributed by atoms with van der Waals surface area (Å²) in [5, 5.41) is 3.26. The molecule has 0 amide bonds. The fourth-order valence-corrected chi connectivity index (χ4v) is 3.83. The smallest absolute Gasteiger partial charge is 0.244 e. The van der Waals surface area contributed by atoms with Crippen LogP contribution in [0.25, 0.3) is 0 Å². The summed E-state index contributed by atoms with van der Waals surface area (Å²) < 4.78 is 28.6. The summed E-state index contributed by atoms with van der Waals surface area (Å²) in [7, 11) is -1.76. The third kappa shape index (κ3) is 4.74. The Kier molecular flexibility index (Phi) is 7.26. The number of sulfonamides is 1. The van der Waals surface area contributed by atoms with Crippen molar-refractivity contribution in [3.8, 4) is 0 Å². The van der Waals surface area contributed by atoms with Crippen LogP contribution in [0.5, 0.6) is 0 Å². The van der Waals surface area contributed by atoms with Gasteiger partial charge in [-0.1, -0.05) is 6.92 Å². The van der Waals surface area contributed by atoms with Gasteiger partial charge in [0, 0.05) is 43.8 Å². The highest BCUT2D eigenvalue weighted by molar-refractivity contribution is 7.98. The predicted octanol–water partition coefficient (Wildman–Crippen LogP) is 2.16. The molecule has 0 radical (unpaired) electrons. The normalized spacial score (nSPS) is 12.5. The Balaban J connectivity index is 3.06. The number of rotatable bonds is 9. The standard InChI is InChI=1S/C14H27N3O2S2/c1-6-15-10-13-9-14(11-17(13)12(2)3)21(18,19)16(4)7-8-20-5/h9,11-12,15H,6-8,10H2,1-5H3. The molecule has 1 N–H and O–H groups in total. The Bertz CT molecular complexity index is 538. The number of aromatic nitrogens is 1. The maximum Gasteiger partial charge on any atom is 0.244 e. The van der Waals surface area contributed by atoms with Crippen molar-refractivity contribution in [2.75, 3.05) is 32.1 Å². The lowest BCUT2D eigenvalue weighted by atomic mass is 10.3. The quantitative estimate of drug-likeness (QED) is 0.752. The average molecular weight is 334 g/mol. The van der Waals surface area contributed by atoms with Gasteiger partial charge in [0.05, 0.1) is 0 Å². The second-order valence-corrected chi connectivity index (χ2v) is 8.30. The fraction of sp³-hybridized carbons (Fsp3) is 0.714. The molecule has 0 atom stereocenters. The van der Waals surface area contributed by atoms with Crippen molar-refractivity contribution in [1.29, 1.82) is 0 Å². The van der Waals surface area contributed by atoms with E-state index in [4.69, 9.17) is 0 Å². The average Bonchev–Trinajstić information content (AvgIpc) is 2.87. The van der Waals surface area contributed by atoms with Crippen LogP contribution in [0.1, 0.15) is 32.5 Å². The van der Waals surface area contributed by atoms with E-state index >= 15 is 0 Å². The van der Waals surface area contributed by atoms with Gasteiger partial charge in [0.25, 0.3) is 0 Å². The maximum absolute atomic E-state index is 12.6. The van der Waals surface area contributed by atoms with Gasteiger partial charge in [-0.15, -0.1) is 0 Å². The van der Waals surface area contributed by atoms with E-state index in [1.54, 1.807) is 31.1 Å². The zero-order valence-corrected chi connectivity index (χ0v) is 15.2. The molecule has 0 bridgehead atoms. The van der Waals surface area contributed by atoms with Gasteiger partial charge < -0.3 is 9.88 Å². The van der Waals surface area contributed by atoms with E-state index in [1.165, 1.54) is 4.31 Å². The molecule has 0 aliphatic carbocycles. The minimum absolute atomic E-state index is 0.235. The highest BCUT2D eigenvalue weighted by Gasteiger charge is 2.23. The van der Waals surface area contributed by atoms with Crippen LogP contribution in [0.3, 0.4) is 0 Å². The maximum atomic E-state index is 12.6. The Morgan fingerprint density at radius 3 is 2.62 bits per heavy atom. The highest BCUT2D eigenvalue weighted by Crippen LogP contribution is 2.21. The lowest BCUT2D eigenvalue weighted by molar-refractivity contribution is 0.488. The minimum atomic E-state index is -3.40. The molecular weight excluding hydrogens is 306 g/mol. The SMILES string of the molecule is CCNCc1cc(S(=O)(=O)N(C)CCSC)cn1C(C)C. The van der Waals surface area contributed by atoms with Crippen molar-refractivity contribution in [2.45, 2.75) is 38.3 Å². The van der Waals surface area contributed by atoms with Crippen molar-refractivity contribution in [1.82, 2.24) is 14.2 Å². The summed E-state index contributed by atoms with van der Waals surface area (Å²) in [6, 6.07) is 2.02. The van der Waals surface area contributed by atoms with Crippen LogP contribution < -0.4 is 5.32 Å². The van der Waals surface area contributed by atoms with Crippen molar-refractivity contribution < 1.29 is 8.42 Å². The number of hydrogen-bond donors (Lipinski definition) is 1. The molecule has 122 valence electrons. The first kappa shape index (κ1) is 18.5. The molecular formula is C14H27N3O2S2. The first-order valence-corrected chi connectivity index (χ1v) is 10.0. The molecule has 1 aromatic rings. The molecule has 1 aromatic heterocycles. The molecule has 1 rings (SSSR count). The highest BCUT2D eigenvalue weighted by atomic mass is 32.2.